The van der Waals surface area contributed by atoms with Crippen molar-refractivity contribution in [2.24, 2.45) is 5.92 Å². The minimum Gasteiger partial charge on any atom is -0.372 e. The Hall–Kier alpha value is -1.32. The second-order valence-corrected chi connectivity index (χ2v) is 4.76. The number of hydrogen-bond donors (Lipinski definition) is 2. The van der Waals surface area contributed by atoms with Crippen LogP contribution in [-0.2, 0) is 0 Å². The van der Waals surface area contributed by atoms with E-state index in [-0.39, 0.29) is 0 Å². The maximum atomic E-state index is 4.38. The fourth-order valence-corrected chi connectivity index (χ4v) is 2.48. The lowest BCUT2D eigenvalue weighted by atomic mass is 10.0. The van der Waals surface area contributed by atoms with E-state index in [1.54, 1.807) is 12.4 Å². The molecule has 0 atom stereocenters. The van der Waals surface area contributed by atoms with Gasteiger partial charge in [-0.1, -0.05) is 25.7 Å². The zero-order chi connectivity index (χ0) is 11.9. The van der Waals surface area contributed by atoms with Crippen LogP contribution in [0, 0.1) is 5.92 Å². The van der Waals surface area contributed by atoms with Gasteiger partial charge in [0, 0.05) is 13.6 Å². The molecule has 17 heavy (non-hydrogen) atoms. The van der Waals surface area contributed by atoms with Gasteiger partial charge in [-0.3, -0.25) is 4.98 Å². The van der Waals surface area contributed by atoms with Gasteiger partial charge in [0.15, 0.2) is 0 Å². The Morgan fingerprint density at radius 3 is 2.76 bits per heavy atom. The molecule has 94 valence electrons. The van der Waals surface area contributed by atoms with Crippen molar-refractivity contribution in [1.29, 1.82) is 0 Å². The molecule has 1 aliphatic carbocycles. The lowest BCUT2D eigenvalue weighted by Gasteiger charge is -2.09. The van der Waals surface area contributed by atoms with Gasteiger partial charge in [0.1, 0.15) is 11.6 Å². The highest BCUT2D eigenvalue weighted by Gasteiger charge is 2.13. The van der Waals surface area contributed by atoms with E-state index in [1.165, 1.54) is 38.5 Å². The molecule has 0 bridgehead atoms. The quantitative estimate of drug-likeness (QED) is 0.743. The average Bonchev–Trinajstić information content (AvgIpc) is 2.88. The lowest BCUT2D eigenvalue weighted by Crippen LogP contribution is -2.06. The molecule has 1 saturated carbocycles. The molecule has 0 saturated heterocycles. The van der Waals surface area contributed by atoms with Crippen LogP contribution < -0.4 is 10.6 Å². The molecule has 2 N–H and O–H groups in total. The topological polar surface area (TPSA) is 49.8 Å². The van der Waals surface area contributed by atoms with E-state index in [1.807, 2.05) is 7.05 Å². The van der Waals surface area contributed by atoms with Crippen LogP contribution in [0.25, 0.3) is 0 Å². The fraction of sp³-hybridized carbons (Fsp3) is 0.692. The number of anilines is 2. The molecule has 2 rings (SSSR count). The third-order valence-corrected chi connectivity index (χ3v) is 3.46. The minimum absolute atomic E-state index is 0.811. The summed E-state index contributed by atoms with van der Waals surface area (Å²) in [7, 11) is 1.86. The van der Waals surface area contributed by atoms with Crippen LogP contribution in [0.2, 0.25) is 0 Å². The number of rotatable bonds is 6. The van der Waals surface area contributed by atoms with Gasteiger partial charge in [0.05, 0.1) is 12.4 Å². The van der Waals surface area contributed by atoms with Gasteiger partial charge in [0.2, 0.25) is 0 Å². The van der Waals surface area contributed by atoms with Crippen molar-refractivity contribution in [1.82, 2.24) is 9.97 Å². The molecule has 1 aromatic rings. The molecule has 4 heteroatoms. The number of nitrogens with one attached hydrogen (secondary N) is 2. The molecule has 0 aromatic carbocycles. The molecule has 0 radical (unpaired) electrons. The molecule has 1 heterocycles. The van der Waals surface area contributed by atoms with Crippen LogP contribution in [0.15, 0.2) is 12.4 Å². The van der Waals surface area contributed by atoms with Crippen LogP contribution in [0.3, 0.4) is 0 Å². The molecule has 1 aromatic heterocycles. The van der Waals surface area contributed by atoms with E-state index in [9.17, 15) is 0 Å². The van der Waals surface area contributed by atoms with Crippen molar-refractivity contribution in [2.45, 2.75) is 38.5 Å². The molecule has 1 fully saturated rings. The van der Waals surface area contributed by atoms with E-state index in [0.29, 0.717) is 0 Å². The maximum Gasteiger partial charge on any atom is 0.146 e. The van der Waals surface area contributed by atoms with Crippen molar-refractivity contribution >= 4 is 11.6 Å². The molecule has 1 aliphatic rings. The first kappa shape index (κ1) is 12.1. The summed E-state index contributed by atoms with van der Waals surface area (Å²) < 4.78 is 0. The van der Waals surface area contributed by atoms with E-state index in [2.05, 4.69) is 20.6 Å². The van der Waals surface area contributed by atoms with Crippen molar-refractivity contribution in [2.75, 3.05) is 24.2 Å². The van der Waals surface area contributed by atoms with Crippen molar-refractivity contribution in [3.05, 3.63) is 12.4 Å². The van der Waals surface area contributed by atoms with Crippen LogP contribution in [-0.4, -0.2) is 23.6 Å². The van der Waals surface area contributed by atoms with Crippen molar-refractivity contribution < 1.29 is 0 Å². The third kappa shape index (κ3) is 3.88. The summed E-state index contributed by atoms with van der Waals surface area (Å²) in [6, 6.07) is 0. The molecule has 0 unspecified atom stereocenters. The number of nitrogens with zero attached hydrogens (tertiary/aromatic N) is 2. The van der Waals surface area contributed by atoms with Crippen molar-refractivity contribution in [3.63, 3.8) is 0 Å². The molecule has 0 spiro atoms. The highest BCUT2D eigenvalue weighted by atomic mass is 15.1. The second-order valence-electron chi connectivity index (χ2n) is 4.76. The SMILES string of the molecule is CNc1cncc(NCCCC2CCCC2)n1. The Labute approximate surface area is 103 Å². The largest absolute Gasteiger partial charge is 0.372 e. The van der Waals surface area contributed by atoms with Crippen LogP contribution >= 0.6 is 0 Å². The summed E-state index contributed by atoms with van der Waals surface area (Å²) in [5.41, 5.74) is 0. The average molecular weight is 234 g/mol. The highest BCUT2D eigenvalue weighted by Crippen LogP contribution is 2.28. The first-order valence-electron chi connectivity index (χ1n) is 6.62. The zero-order valence-corrected chi connectivity index (χ0v) is 10.6. The Bertz CT molecular complexity index is 334. The summed E-state index contributed by atoms with van der Waals surface area (Å²) in [5.74, 6) is 2.65. The fourth-order valence-electron chi connectivity index (χ4n) is 2.48. The number of aromatic nitrogens is 2. The Morgan fingerprint density at radius 1 is 1.24 bits per heavy atom. The van der Waals surface area contributed by atoms with Gasteiger partial charge < -0.3 is 10.6 Å². The first-order valence-corrected chi connectivity index (χ1v) is 6.62. The minimum atomic E-state index is 0.811. The summed E-state index contributed by atoms with van der Waals surface area (Å²) in [6.45, 7) is 0.998. The summed E-state index contributed by atoms with van der Waals surface area (Å²) in [4.78, 5) is 8.50. The predicted octanol–water partition coefficient (Wildman–Crippen LogP) is 2.90. The standard InChI is InChI=1S/C13H22N4/c1-14-12-9-15-10-13(17-12)16-8-4-7-11-5-2-3-6-11/h9-11H,2-8H2,1H3,(H2,14,16,17). The van der Waals surface area contributed by atoms with E-state index < -0.39 is 0 Å². The van der Waals surface area contributed by atoms with Gasteiger partial charge in [0.25, 0.3) is 0 Å². The third-order valence-electron chi connectivity index (χ3n) is 3.46. The molecular formula is C13H22N4. The normalized spacial score (nSPS) is 16.1. The Balaban J connectivity index is 1.66. The Kier molecular flexibility index (Phi) is 4.59. The summed E-state index contributed by atoms with van der Waals surface area (Å²) in [5, 5.41) is 6.32. The van der Waals surface area contributed by atoms with Gasteiger partial charge in [-0.2, -0.15) is 0 Å². The summed E-state index contributed by atoms with van der Waals surface area (Å²) in [6.07, 6.45) is 11.8. The van der Waals surface area contributed by atoms with E-state index >= 15 is 0 Å². The van der Waals surface area contributed by atoms with Gasteiger partial charge in [-0.25, -0.2) is 4.98 Å². The predicted molar refractivity (Wildman–Crippen MR) is 71.3 cm³/mol. The Morgan fingerprint density at radius 2 is 2.00 bits per heavy atom. The highest BCUT2D eigenvalue weighted by molar-refractivity contribution is 5.40. The maximum absolute atomic E-state index is 4.38. The molecule has 0 amide bonds. The smallest absolute Gasteiger partial charge is 0.146 e. The number of hydrogen-bond acceptors (Lipinski definition) is 4. The van der Waals surface area contributed by atoms with Gasteiger partial charge in [-0.15, -0.1) is 0 Å². The van der Waals surface area contributed by atoms with Gasteiger partial charge >= 0.3 is 0 Å². The molecule has 4 nitrogen and oxygen atoms in total. The van der Waals surface area contributed by atoms with Crippen LogP contribution in [0.4, 0.5) is 11.6 Å². The van der Waals surface area contributed by atoms with Crippen LogP contribution in [0.5, 0.6) is 0 Å². The first-order chi connectivity index (χ1) is 8.38. The van der Waals surface area contributed by atoms with Crippen LogP contribution in [0.1, 0.15) is 38.5 Å². The summed E-state index contributed by atoms with van der Waals surface area (Å²) >= 11 is 0. The van der Waals surface area contributed by atoms with Gasteiger partial charge in [-0.05, 0) is 18.8 Å². The van der Waals surface area contributed by atoms with Crippen molar-refractivity contribution in [3.8, 4) is 0 Å². The molecule has 0 aliphatic heterocycles. The second kappa shape index (κ2) is 6.42. The molecular weight excluding hydrogens is 212 g/mol. The lowest BCUT2D eigenvalue weighted by molar-refractivity contribution is 0.491. The van der Waals surface area contributed by atoms with E-state index in [0.717, 1.165) is 24.1 Å². The zero-order valence-electron chi connectivity index (χ0n) is 10.6. The van der Waals surface area contributed by atoms with E-state index in [4.69, 9.17) is 0 Å². The monoisotopic (exact) mass is 234 g/mol.